The summed E-state index contributed by atoms with van der Waals surface area (Å²) in [5.74, 6) is 2.02. The minimum atomic E-state index is 0.138. The standard InChI is InChI=1S/C20H30N6O/c1-14-17(18(23-22-14)15-6-7-15)20(27)26-9-4-5-16(13-26)19-21-8-10-25(19)12-11-24(2)3/h8,10,15-16H,4-7,9,11-13H2,1-3H3,(H,22,23)/t16-/m0/s1. The lowest BCUT2D eigenvalue weighted by Gasteiger charge is -2.33. The Morgan fingerprint density at radius 1 is 1.30 bits per heavy atom. The number of carbonyl (C=O) groups is 1. The molecule has 4 rings (SSSR count). The summed E-state index contributed by atoms with van der Waals surface area (Å²) in [5.41, 5.74) is 2.69. The lowest BCUT2D eigenvalue weighted by molar-refractivity contribution is 0.0701. The van der Waals surface area contributed by atoms with Crippen LogP contribution in [0.15, 0.2) is 12.4 Å². The van der Waals surface area contributed by atoms with Gasteiger partial charge in [-0.1, -0.05) is 0 Å². The van der Waals surface area contributed by atoms with Gasteiger partial charge in [0.25, 0.3) is 5.91 Å². The summed E-state index contributed by atoms with van der Waals surface area (Å²) in [6.07, 6.45) is 8.35. The Morgan fingerprint density at radius 3 is 2.85 bits per heavy atom. The number of nitrogens with one attached hydrogen (secondary N) is 1. The van der Waals surface area contributed by atoms with Crippen LogP contribution in [0.4, 0.5) is 0 Å². The van der Waals surface area contributed by atoms with E-state index in [9.17, 15) is 4.79 Å². The van der Waals surface area contributed by atoms with E-state index in [1.807, 2.05) is 18.0 Å². The van der Waals surface area contributed by atoms with E-state index in [0.29, 0.717) is 11.8 Å². The molecule has 2 aromatic heterocycles. The fraction of sp³-hybridized carbons (Fsp3) is 0.650. The summed E-state index contributed by atoms with van der Waals surface area (Å²) in [6, 6.07) is 0. The maximum Gasteiger partial charge on any atom is 0.257 e. The largest absolute Gasteiger partial charge is 0.338 e. The first-order chi connectivity index (χ1) is 13.0. The molecule has 2 aromatic rings. The number of imidazole rings is 1. The van der Waals surface area contributed by atoms with Crippen molar-refractivity contribution in [3.63, 3.8) is 0 Å². The van der Waals surface area contributed by atoms with E-state index in [0.717, 1.165) is 74.6 Å². The first-order valence-electron chi connectivity index (χ1n) is 10.0. The third-order valence-electron chi connectivity index (χ3n) is 5.76. The minimum Gasteiger partial charge on any atom is -0.338 e. The second-order valence-electron chi connectivity index (χ2n) is 8.26. The van der Waals surface area contributed by atoms with Crippen molar-refractivity contribution in [3.8, 4) is 0 Å². The van der Waals surface area contributed by atoms with Crippen molar-refractivity contribution in [2.75, 3.05) is 33.7 Å². The number of aromatic amines is 1. The number of piperidine rings is 1. The van der Waals surface area contributed by atoms with Crippen LogP contribution in [-0.2, 0) is 6.54 Å². The van der Waals surface area contributed by atoms with Crippen molar-refractivity contribution in [1.82, 2.24) is 29.5 Å². The molecule has 1 aliphatic heterocycles. The normalized spacial score (nSPS) is 20.4. The van der Waals surface area contributed by atoms with Gasteiger partial charge in [0, 0.05) is 56.1 Å². The van der Waals surface area contributed by atoms with Crippen molar-refractivity contribution in [2.45, 2.75) is 51.0 Å². The van der Waals surface area contributed by atoms with Gasteiger partial charge in [-0.15, -0.1) is 0 Å². The molecule has 1 amide bonds. The van der Waals surface area contributed by atoms with Crippen molar-refractivity contribution in [3.05, 3.63) is 35.2 Å². The second kappa shape index (κ2) is 7.46. The molecule has 1 saturated heterocycles. The number of likely N-dealkylation sites (tertiary alicyclic amines) is 1. The Labute approximate surface area is 160 Å². The van der Waals surface area contributed by atoms with E-state index in [1.165, 1.54) is 0 Å². The molecule has 1 saturated carbocycles. The Kier molecular flexibility index (Phi) is 5.04. The van der Waals surface area contributed by atoms with E-state index >= 15 is 0 Å². The molecule has 1 aliphatic carbocycles. The molecule has 7 heteroatoms. The number of H-pyrrole nitrogens is 1. The molecule has 2 fully saturated rings. The Hall–Kier alpha value is -2.15. The SMILES string of the molecule is Cc1[nH]nc(C2CC2)c1C(=O)N1CCC[C@H](c2nccn2CCN(C)C)C1. The van der Waals surface area contributed by atoms with Crippen molar-refractivity contribution < 1.29 is 4.79 Å². The zero-order valence-corrected chi connectivity index (χ0v) is 16.6. The quantitative estimate of drug-likeness (QED) is 0.848. The van der Waals surface area contributed by atoms with Gasteiger partial charge in [-0.2, -0.15) is 5.10 Å². The van der Waals surface area contributed by atoms with Gasteiger partial charge >= 0.3 is 0 Å². The van der Waals surface area contributed by atoms with Crippen molar-refractivity contribution in [1.29, 1.82) is 0 Å². The first kappa shape index (κ1) is 18.2. The highest BCUT2D eigenvalue weighted by Crippen LogP contribution is 2.41. The Balaban J connectivity index is 1.50. The number of amides is 1. The highest BCUT2D eigenvalue weighted by atomic mass is 16.2. The summed E-state index contributed by atoms with van der Waals surface area (Å²) in [5, 5.41) is 7.46. The van der Waals surface area contributed by atoms with Gasteiger partial charge in [0.15, 0.2) is 0 Å². The summed E-state index contributed by atoms with van der Waals surface area (Å²) in [7, 11) is 4.17. The zero-order valence-electron chi connectivity index (χ0n) is 16.6. The van der Waals surface area contributed by atoms with Crippen LogP contribution in [-0.4, -0.2) is 69.2 Å². The lowest BCUT2D eigenvalue weighted by Crippen LogP contribution is -2.40. The van der Waals surface area contributed by atoms with E-state index in [-0.39, 0.29) is 5.91 Å². The summed E-state index contributed by atoms with van der Waals surface area (Å²) in [6.45, 7) is 5.44. The molecule has 0 bridgehead atoms. The number of carbonyl (C=O) groups excluding carboxylic acids is 1. The molecule has 0 spiro atoms. The van der Waals surface area contributed by atoms with E-state index in [1.54, 1.807) is 0 Å². The van der Waals surface area contributed by atoms with Crippen LogP contribution >= 0.6 is 0 Å². The van der Waals surface area contributed by atoms with E-state index < -0.39 is 0 Å². The fourth-order valence-electron chi connectivity index (χ4n) is 4.08. The molecule has 1 atom stereocenters. The number of nitrogens with zero attached hydrogens (tertiary/aromatic N) is 5. The van der Waals surface area contributed by atoms with Crippen LogP contribution in [0.5, 0.6) is 0 Å². The third-order valence-corrected chi connectivity index (χ3v) is 5.76. The molecule has 7 nitrogen and oxygen atoms in total. The minimum absolute atomic E-state index is 0.138. The summed E-state index contributed by atoms with van der Waals surface area (Å²) < 4.78 is 2.25. The van der Waals surface area contributed by atoms with Crippen LogP contribution in [0.2, 0.25) is 0 Å². The van der Waals surface area contributed by atoms with Gasteiger partial charge < -0.3 is 14.4 Å². The number of hydrogen-bond acceptors (Lipinski definition) is 4. The second-order valence-corrected chi connectivity index (χ2v) is 8.26. The van der Waals surface area contributed by atoms with Crippen LogP contribution in [0.1, 0.15) is 65.1 Å². The number of aryl methyl sites for hydroxylation is 1. The van der Waals surface area contributed by atoms with Crippen LogP contribution in [0.3, 0.4) is 0 Å². The average Bonchev–Trinajstić information content (AvgIpc) is 3.27. The monoisotopic (exact) mass is 370 g/mol. The van der Waals surface area contributed by atoms with Gasteiger partial charge in [0.2, 0.25) is 0 Å². The van der Waals surface area contributed by atoms with Crippen molar-refractivity contribution >= 4 is 5.91 Å². The number of aromatic nitrogens is 4. The number of likely N-dealkylation sites (N-methyl/N-ethyl adjacent to an activating group) is 1. The third kappa shape index (κ3) is 3.78. The smallest absolute Gasteiger partial charge is 0.257 e. The van der Waals surface area contributed by atoms with Gasteiger partial charge in [0.1, 0.15) is 5.82 Å². The molecule has 0 radical (unpaired) electrons. The van der Waals surface area contributed by atoms with Gasteiger partial charge in [-0.3, -0.25) is 9.89 Å². The molecule has 27 heavy (non-hydrogen) atoms. The van der Waals surface area contributed by atoms with Gasteiger partial charge in [-0.25, -0.2) is 4.98 Å². The van der Waals surface area contributed by atoms with E-state index in [4.69, 9.17) is 0 Å². The molecular weight excluding hydrogens is 340 g/mol. The highest BCUT2D eigenvalue weighted by molar-refractivity contribution is 5.96. The highest BCUT2D eigenvalue weighted by Gasteiger charge is 2.35. The Bertz CT molecular complexity index is 803. The summed E-state index contributed by atoms with van der Waals surface area (Å²) >= 11 is 0. The maximum absolute atomic E-state index is 13.3. The molecule has 0 unspecified atom stereocenters. The zero-order chi connectivity index (χ0) is 19.0. The molecule has 3 heterocycles. The Morgan fingerprint density at radius 2 is 2.11 bits per heavy atom. The van der Waals surface area contributed by atoms with E-state index in [2.05, 4.69) is 44.9 Å². The van der Waals surface area contributed by atoms with Crippen LogP contribution < -0.4 is 0 Å². The fourth-order valence-corrected chi connectivity index (χ4v) is 4.08. The number of rotatable bonds is 6. The molecule has 0 aromatic carbocycles. The lowest BCUT2D eigenvalue weighted by atomic mass is 9.96. The van der Waals surface area contributed by atoms with Crippen molar-refractivity contribution in [2.24, 2.45) is 0 Å². The predicted molar refractivity (Wildman–Crippen MR) is 104 cm³/mol. The van der Waals surface area contributed by atoms with Crippen LogP contribution in [0, 0.1) is 6.92 Å². The predicted octanol–water partition coefficient (Wildman–Crippen LogP) is 2.37. The molecule has 2 aliphatic rings. The van der Waals surface area contributed by atoms with Crippen LogP contribution in [0.25, 0.3) is 0 Å². The number of hydrogen-bond donors (Lipinski definition) is 1. The summed E-state index contributed by atoms with van der Waals surface area (Å²) in [4.78, 5) is 22.1. The first-order valence-corrected chi connectivity index (χ1v) is 10.0. The van der Waals surface area contributed by atoms with Gasteiger partial charge in [0.05, 0.1) is 11.3 Å². The molecule has 146 valence electrons. The van der Waals surface area contributed by atoms with Gasteiger partial charge in [-0.05, 0) is 46.7 Å². The molecular formula is C20H30N6O. The average molecular weight is 371 g/mol. The molecule has 1 N–H and O–H groups in total. The maximum atomic E-state index is 13.3. The topological polar surface area (TPSA) is 70.0 Å².